The van der Waals surface area contributed by atoms with Crippen molar-refractivity contribution in [2.45, 2.75) is 13.0 Å². The van der Waals surface area contributed by atoms with Crippen LogP contribution in [0, 0.1) is 0 Å². The van der Waals surface area contributed by atoms with Crippen LogP contribution in [0.1, 0.15) is 28.2 Å². The van der Waals surface area contributed by atoms with Gasteiger partial charge in [-0.15, -0.1) is 11.3 Å². The predicted octanol–water partition coefficient (Wildman–Crippen LogP) is 2.82. The minimum atomic E-state index is -0.124. The quantitative estimate of drug-likeness (QED) is 0.805. The van der Waals surface area contributed by atoms with Crippen molar-refractivity contribution in [3.8, 4) is 5.82 Å². The number of carbonyl (C=O) groups is 1. The Bertz CT molecular complexity index is 705. The highest BCUT2D eigenvalue weighted by molar-refractivity contribution is 7.10. The molecule has 1 atom stereocenters. The average Bonchev–Trinajstić information content (AvgIpc) is 3.20. The van der Waals surface area contributed by atoms with E-state index < -0.39 is 0 Å². The molecule has 5 nitrogen and oxygen atoms in total. The van der Waals surface area contributed by atoms with Gasteiger partial charge in [0.1, 0.15) is 12.1 Å². The summed E-state index contributed by atoms with van der Waals surface area (Å²) >= 11 is 1.63. The monoisotopic (exact) mass is 298 g/mol. The Labute approximate surface area is 126 Å². The number of aromatic nitrogens is 3. The molecule has 0 aliphatic carbocycles. The van der Waals surface area contributed by atoms with Gasteiger partial charge in [-0.25, -0.2) is 9.97 Å². The maximum atomic E-state index is 12.2. The van der Waals surface area contributed by atoms with Crippen LogP contribution in [0.15, 0.2) is 54.6 Å². The maximum absolute atomic E-state index is 12.2. The molecule has 3 aromatic rings. The van der Waals surface area contributed by atoms with Gasteiger partial charge >= 0.3 is 0 Å². The van der Waals surface area contributed by atoms with Crippen LogP contribution in [0.4, 0.5) is 0 Å². The normalized spacial score (nSPS) is 12.0. The summed E-state index contributed by atoms with van der Waals surface area (Å²) in [6, 6.07) is 7.54. The van der Waals surface area contributed by atoms with E-state index >= 15 is 0 Å². The number of carbonyl (C=O) groups excluding carboxylic acids is 1. The fourth-order valence-corrected chi connectivity index (χ4v) is 2.69. The first kappa shape index (κ1) is 13.5. The van der Waals surface area contributed by atoms with Crippen LogP contribution in [0.25, 0.3) is 5.82 Å². The lowest BCUT2D eigenvalue weighted by Gasteiger charge is -2.12. The number of hydrogen-bond donors (Lipinski definition) is 1. The Kier molecular flexibility index (Phi) is 3.79. The second kappa shape index (κ2) is 5.88. The second-order valence-corrected chi connectivity index (χ2v) is 5.56. The number of nitrogens with one attached hydrogen (secondary N) is 1. The first-order valence-corrected chi connectivity index (χ1v) is 7.40. The van der Waals surface area contributed by atoms with Gasteiger partial charge in [0.15, 0.2) is 0 Å². The summed E-state index contributed by atoms with van der Waals surface area (Å²) in [5.74, 6) is 0.607. The van der Waals surface area contributed by atoms with E-state index in [2.05, 4.69) is 15.3 Å². The Morgan fingerprint density at radius 1 is 1.38 bits per heavy atom. The van der Waals surface area contributed by atoms with Gasteiger partial charge in [-0.05, 0) is 30.5 Å². The molecule has 106 valence electrons. The van der Waals surface area contributed by atoms with Crippen molar-refractivity contribution in [2.24, 2.45) is 0 Å². The Morgan fingerprint density at radius 3 is 2.90 bits per heavy atom. The number of rotatable bonds is 4. The van der Waals surface area contributed by atoms with Crippen molar-refractivity contribution in [2.75, 3.05) is 0 Å². The predicted molar refractivity (Wildman–Crippen MR) is 81.6 cm³/mol. The molecule has 0 aromatic carbocycles. The summed E-state index contributed by atoms with van der Waals surface area (Å²) in [5, 5.41) is 4.96. The number of pyridine rings is 1. The Morgan fingerprint density at radius 2 is 2.29 bits per heavy atom. The van der Waals surface area contributed by atoms with Gasteiger partial charge in [0.2, 0.25) is 0 Å². The van der Waals surface area contributed by atoms with E-state index in [4.69, 9.17) is 0 Å². The number of thiophene rings is 1. The summed E-state index contributed by atoms with van der Waals surface area (Å²) in [7, 11) is 0. The standard InChI is InChI=1S/C15H14N4OS/c1-11(13-3-2-8-21-13)18-15(20)12-4-5-14(17-9-12)19-7-6-16-10-19/h2-11H,1H3,(H,18,20). The zero-order valence-corrected chi connectivity index (χ0v) is 12.2. The molecule has 1 amide bonds. The molecule has 0 aliphatic heterocycles. The molecule has 1 N–H and O–H groups in total. The largest absolute Gasteiger partial charge is 0.345 e. The molecule has 0 saturated heterocycles. The van der Waals surface area contributed by atoms with Gasteiger partial charge in [0, 0.05) is 23.5 Å². The van der Waals surface area contributed by atoms with E-state index in [1.165, 1.54) is 0 Å². The zero-order valence-electron chi connectivity index (χ0n) is 11.4. The van der Waals surface area contributed by atoms with Crippen molar-refractivity contribution in [3.05, 3.63) is 65.0 Å². The van der Waals surface area contributed by atoms with Crippen LogP contribution in [0.2, 0.25) is 0 Å². The van der Waals surface area contributed by atoms with Crippen molar-refractivity contribution in [3.63, 3.8) is 0 Å². The van der Waals surface area contributed by atoms with Gasteiger partial charge in [0.05, 0.1) is 11.6 Å². The molecule has 6 heteroatoms. The molecule has 0 radical (unpaired) electrons. The molecule has 1 unspecified atom stereocenters. The van der Waals surface area contributed by atoms with Gasteiger partial charge < -0.3 is 5.32 Å². The van der Waals surface area contributed by atoms with Crippen LogP contribution >= 0.6 is 11.3 Å². The van der Waals surface area contributed by atoms with E-state index in [-0.39, 0.29) is 11.9 Å². The fourth-order valence-electron chi connectivity index (χ4n) is 1.96. The van der Waals surface area contributed by atoms with Gasteiger partial charge in [-0.3, -0.25) is 9.36 Å². The third-order valence-corrected chi connectivity index (χ3v) is 4.15. The van der Waals surface area contributed by atoms with Crippen LogP contribution in [-0.2, 0) is 0 Å². The Hall–Kier alpha value is -2.47. The lowest BCUT2D eigenvalue weighted by Crippen LogP contribution is -2.26. The minimum absolute atomic E-state index is 0.00850. The second-order valence-electron chi connectivity index (χ2n) is 4.59. The van der Waals surface area contributed by atoms with Crippen LogP contribution in [0.5, 0.6) is 0 Å². The first-order valence-electron chi connectivity index (χ1n) is 6.52. The van der Waals surface area contributed by atoms with E-state index in [0.717, 1.165) is 10.7 Å². The smallest absolute Gasteiger partial charge is 0.253 e. The summed E-state index contributed by atoms with van der Waals surface area (Å²) in [4.78, 5) is 21.6. The topological polar surface area (TPSA) is 59.8 Å². The number of amides is 1. The summed E-state index contributed by atoms with van der Waals surface area (Å²) < 4.78 is 1.79. The minimum Gasteiger partial charge on any atom is -0.345 e. The van der Waals surface area contributed by atoms with Crippen LogP contribution in [0.3, 0.4) is 0 Å². The fraction of sp³-hybridized carbons (Fsp3) is 0.133. The third-order valence-electron chi connectivity index (χ3n) is 3.10. The highest BCUT2D eigenvalue weighted by Crippen LogP contribution is 2.18. The zero-order chi connectivity index (χ0) is 14.7. The van der Waals surface area contributed by atoms with Crippen molar-refractivity contribution in [1.29, 1.82) is 0 Å². The van der Waals surface area contributed by atoms with E-state index in [0.29, 0.717) is 5.56 Å². The highest BCUT2D eigenvalue weighted by atomic mass is 32.1. The summed E-state index contributed by atoms with van der Waals surface area (Å²) in [6.45, 7) is 1.97. The first-order chi connectivity index (χ1) is 10.2. The van der Waals surface area contributed by atoms with E-state index in [9.17, 15) is 4.79 Å². The molecule has 21 heavy (non-hydrogen) atoms. The molecule has 0 spiro atoms. The van der Waals surface area contributed by atoms with Crippen LogP contribution < -0.4 is 5.32 Å². The molecule has 0 bridgehead atoms. The number of imidazole rings is 1. The molecule has 0 fully saturated rings. The lowest BCUT2D eigenvalue weighted by molar-refractivity contribution is 0.0940. The summed E-state index contributed by atoms with van der Waals surface area (Å²) in [6.07, 6.45) is 6.73. The maximum Gasteiger partial charge on any atom is 0.253 e. The lowest BCUT2D eigenvalue weighted by atomic mass is 10.2. The number of hydrogen-bond acceptors (Lipinski definition) is 4. The highest BCUT2D eigenvalue weighted by Gasteiger charge is 2.12. The molecular weight excluding hydrogens is 284 g/mol. The van der Waals surface area contributed by atoms with E-state index in [1.54, 1.807) is 53.0 Å². The van der Waals surface area contributed by atoms with Gasteiger partial charge in [-0.1, -0.05) is 6.07 Å². The van der Waals surface area contributed by atoms with Crippen molar-refractivity contribution in [1.82, 2.24) is 19.9 Å². The van der Waals surface area contributed by atoms with Gasteiger partial charge in [0.25, 0.3) is 5.91 Å². The summed E-state index contributed by atoms with van der Waals surface area (Å²) in [5.41, 5.74) is 0.544. The molecule has 3 rings (SSSR count). The third kappa shape index (κ3) is 3.00. The number of nitrogens with zero attached hydrogens (tertiary/aromatic N) is 3. The SMILES string of the molecule is CC(NC(=O)c1ccc(-n2ccnc2)nc1)c1cccs1. The van der Waals surface area contributed by atoms with Crippen molar-refractivity contribution < 1.29 is 4.79 Å². The van der Waals surface area contributed by atoms with E-state index in [1.807, 2.05) is 24.4 Å². The molecule has 0 saturated carbocycles. The molecule has 3 aromatic heterocycles. The van der Waals surface area contributed by atoms with Crippen LogP contribution in [-0.4, -0.2) is 20.4 Å². The molecule has 3 heterocycles. The molecular formula is C15H14N4OS. The van der Waals surface area contributed by atoms with Crippen molar-refractivity contribution >= 4 is 17.2 Å². The Balaban J connectivity index is 1.70. The van der Waals surface area contributed by atoms with Gasteiger partial charge in [-0.2, -0.15) is 0 Å². The molecule has 0 aliphatic rings. The average molecular weight is 298 g/mol.